The first-order chi connectivity index (χ1) is 16.6. The molecule has 0 spiro atoms. The highest BCUT2D eigenvalue weighted by molar-refractivity contribution is 5.94. The number of aryl methyl sites for hydroxylation is 1. The minimum Gasteiger partial charge on any atom is -0.338 e. The average molecular weight is 491 g/mol. The minimum absolute atomic E-state index is 0.162. The summed E-state index contributed by atoms with van der Waals surface area (Å²) >= 11 is 0. The molecule has 0 radical (unpaired) electrons. The van der Waals surface area contributed by atoms with Gasteiger partial charge in [0.05, 0.1) is 12.0 Å². The molecular weight excluding hydrogens is 460 g/mol. The highest BCUT2D eigenvalue weighted by Crippen LogP contribution is 2.33. The van der Waals surface area contributed by atoms with Gasteiger partial charge in [0.1, 0.15) is 5.82 Å². The topological polar surface area (TPSA) is 49.4 Å². The Hall–Kier alpha value is -2.90. The van der Waals surface area contributed by atoms with E-state index in [1.807, 2.05) is 24.0 Å². The minimum atomic E-state index is -4.78. The maximum Gasteiger partial charge on any atom is 0.419 e. The summed E-state index contributed by atoms with van der Waals surface area (Å²) in [4.78, 5) is 27.3. The molecule has 35 heavy (non-hydrogen) atoms. The van der Waals surface area contributed by atoms with Crippen LogP contribution in [0.15, 0.2) is 30.3 Å². The maximum atomic E-state index is 13.9. The van der Waals surface area contributed by atoms with E-state index in [1.54, 1.807) is 0 Å². The second-order valence-corrected chi connectivity index (χ2v) is 9.69. The molecule has 0 atom stereocenters. The Labute approximate surface area is 202 Å². The molecule has 1 aliphatic heterocycles. The molecule has 1 aliphatic carbocycles. The number of nitrogens with one attached hydrogen (secondary N) is 1. The summed E-state index contributed by atoms with van der Waals surface area (Å²) < 4.78 is 52.2. The van der Waals surface area contributed by atoms with Crippen molar-refractivity contribution >= 4 is 17.5 Å². The zero-order valence-electron chi connectivity index (χ0n) is 19.8. The van der Waals surface area contributed by atoms with E-state index >= 15 is 0 Å². The van der Waals surface area contributed by atoms with Gasteiger partial charge in [-0.25, -0.2) is 4.39 Å². The average Bonchev–Trinajstić information content (AvgIpc) is 3.32. The number of benzene rings is 2. The standard InChI is InChI=1S/C27H30F4N2O2/c1-17-6-9-20-16-33(25(35)11-8-18-4-2-3-5-18)13-12-21(20)26(17)32-24(34)15-19-7-10-22(23(28)14-19)27(29,30)31/h6-7,9-10,14,18H,2-5,8,11-13,15-16H2,1H3,(H,32,34). The van der Waals surface area contributed by atoms with Crippen LogP contribution in [0.1, 0.15) is 66.3 Å². The molecule has 1 fully saturated rings. The van der Waals surface area contributed by atoms with Crippen LogP contribution in [0.2, 0.25) is 0 Å². The lowest BCUT2D eigenvalue weighted by molar-refractivity contribution is -0.140. The van der Waals surface area contributed by atoms with Crippen LogP contribution in [0.4, 0.5) is 23.2 Å². The Morgan fingerprint density at radius 1 is 1.11 bits per heavy atom. The number of fused-ring (bicyclic) bond motifs is 1. The summed E-state index contributed by atoms with van der Waals surface area (Å²) in [6.45, 7) is 2.94. The van der Waals surface area contributed by atoms with Crippen molar-refractivity contribution in [2.24, 2.45) is 5.92 Å². The molecule has 4 rings (SSSR count). The van der Waals surface area contributed by atoms with Crippen molar-refractivity contribution in [2.45, 2.75) is 71.0 Å². The first kappa shape index (κ1) is 25.2. The highest BCUT2D eigenvalue weighted by Gasteiger charge is 2.34. The summed E-state index contributed by atoms with van der Waals surface area (Å²) in [6.07, 6.45) is 2.06. The number of hydrogen-bond acceptors (Lipinski definition) is 2. The first-order valence-electron chi connectivity index (χ1n) is 12.2. The van der Waals surface area contributed by atoms with E-state index in [1.165, 1.54) is 25.7 Å². The second kappa shape index (κ2) is 10.4. The molecule has 2 aromatic rings. The summed E-state index contributed by atoms with van der Waals surface area (Å²) in [6, 6.07) is 6.39. The van der Waals surface area contributed by atoms with Crippen LogP contribution < -0.4 is 5.32 Å². The van der Waals surface area contributed by atoms with Crippen LogP contribution in [-0.4, -0.2) is 23.3 Å². The van der Waals surface area contributed by atoms with Gasteiger partial charge in [0.15, 0.2) is 0 Å². The lowest BCUT2D eigenvalue weighted by Crippen LogP contribution is -2.36. The largest absolute Gasteiger partial charge is 0.419 e. The molecule has 188 valence electrons. The number of amides is 2. The Morgan fingerprint density at radius 2 is 1.86 bits per heavy atom. The monoisotopic (exact) mass is 490 g/mol. The van der Waals surface area contributed by atoms with Crippen LogP contribution in [0, 0.1) is 18.7 Å². The maximum absolute atomic E-state index is 13.9. The van der Waals surface area contributed by atoms with Crippen molar-refractivity contribution < 1.29 is 27.2 Å². The zero-order chi connectivity index (χ0) is 25.2. The third-order valence-corrected chi connectivity index (χ3v) is 7.17. The number of rotatable bonds is 6. The summed E-state index contributed by atoms with van der Waals surface area (Å²) in [5.74, 6) is -0.999. The molecule has 2 aliphatic rings. The SMILES string of the molecule is Cc1ccc2c(c1NC(=O)Cc1ccc(C(F)(F)F)c(F)c1)CCN(C(=O)CCC1CCCC1)C2. The molecule has 0 unspecified atom stereocenters. The lowest BCUT2D eigenvalue weighted by atomic mass is 9.94. The lowest BCUT2D eigenvalue weighted by Gasteiger charge is -2.31. The molecular formula is C27H30F4N2O2. The van der Waals surface area contributed by atoms with Crippen molar-refractivity contribution in [1.82, 2.24) is 4.90 Å². The fourth-order valence-corrected chi connectivity index (χ4v) is 5.21. The van der Waals surface area contributed by atoms with Gasteiger partial charge in [-0.15, -0.1) is 0 Å². The van der Waals surface area contributed by atoms with Gasteiger partial charge in [-0.3, -0.25) is 9.59 Å². The Morgan fingerprint density at radius 3 is 2.54 bits per heavy atom. The predicted octanol–water partition coefficient (Wildman–Crippen LogP) is 6.19. The van der Waals surface area contributed by atoms with Gasteiger partial charge in [-0.05, 0) is 60.1 Å². The van der Waals surface area contributed by atoms with Crippen molar-refractivity contribution in [3.8, 4) is 0 Å². The number of carbonyl (C=O) groups is 2. The van der Waals surface area contributed by atoms with Crippen molar-refractivity contribution in [1.29, 1.82) is 0 Å². The Balaban J connectivity index is 1.40. The highest BCUT2D eigenvalue weighted by atomic mass is 19.4. The molecule has 1 heterocycles. The number of carbonyl (C=O) groups excluding carboxylic acids is 2. The fraction of sp³-hybridized carbons (Fsp3) is 0.481. The molecule has 1 N–H and O–H groups in total. The van der Waals surface area contributed by atoms with E-state index < -0.39 is 23.5 Å². The van der Waals surface area contributed by atoms with Gasteiger partial charge in [-0.2, -0.15) is 13.2 Å². The number of nitrogens with zero attached hydrogens (tertiary/aromatic N) is 1. The van der Waals surface area contributed by atoms with Crippen LogP contribution in [0.25, 0.3) is 0 Å². The Bertz CT molecular complexity index is 1110. The first-order valence-corrected chi connectivity index (χ1v) is 12.2. The normalized spacial score (nSPS) is 16.3. The number of halogens is 4. The number of hydrogen-bond donors (Lipinski definition) is 1. The third-order valence-electron chi connectivity index (χ3n) is 7.17. The van der Waals surface area contributed by atoms with E-state index in [0.717, 1.165) is 35.2 Å². The van der Waals surface area contributed by atoms with E-state index in [4.69, 9.17) is 0 Å². The van der Waals surface area contributed by atoms with Crippen LogP contribution >= 0.6 is 0 Å². The molecule has 0 saturated heterocycles. The van der Waals surface area contributed by atoms with Gasteiger partial charge in [-0.1, -0.05) is 43.9 Å². The molecule has 2 amide bonds. The van der Waals surface area contributed by atoms with E-state index in [9.17, 15) is 27.2 Å². The molecule has 4 nitrogen and oxygen atoms in total. The third kappa shape index (κ3) is 6.03. The quantitative estimate of drug-likeness (QED) is 0.491. The second-order valence-electron chi connectivity index (χ2n) is 9.69. The summed E-state index contributed by atoms with van der Waals surface area (Å²) in [5, 5.41) is 2.87. The molecule has 0 bridgehead atoms. The summed E-state index contributed by atoms with van der Waals surface area (Å²) in [7, 11) is 0. The predicted molar refractivity (Wildman–Crippen MR) is 125 cm³/mol. The zero-order valence-corrected chi connectivity index (χ0v) is 19.8. The number of alkyl halides is 3. The van der Waals surface area contributed by atoms with Gasteiger partial charge in [0.25, 0.3) is 0 Å². The molecule has 2 aromatic carbocycles. The van der Waals surface area contributed by atoms with E-state index in [2.05, 4.69) is 5.32 Å². The van der Waals surface area contributed by atoms with Crippen molar-refractivity contribution in [2.75, 3.05) is 11.9 Å². The van der Waals surface area contributed by atoms with Crippen LogP contribution in [-0.2, 0) is 35.2 Å². The van der Waals surface area contributed by atoms with E-state index in [-0.39, 0.29) is 17.9 Å². The molecule has 0 aromatic heterocycles. The van der Waals surface area contributed by atoms with Gasteiger partial charge >= 0.3 is 6.18 Å². The molecule has 8 heteroatoms. The van der Waals surface area contributed by atoms with Gasteiger partial charge in [0, 0.05) is 25.2 Å². The number of anilines is 1. The molecule has 1 saturated carbocycles. The van der Waals surface area contributed by atoms with E-state index in [0.29, 0.717) is 43.6 Å². The van der Waals surface area contributed by atoms with Crippen LogP contribution in [0.3, 0.4) is 0 Å². The van der Waals surface area contributed by atoms with Crippen LogP contribution in [0.5, 0.6) is 0 Å². The smallest absolute Gasteiger partial charge is 0.338 e. The van der Waals surface area contributed by atoms with Crippen molar-refractivity contribution in [3.63, 3.8) is 0 Å². The van der Waals surface area contributed by atoms with Gasteiger partial charge < -0.3 is 10.2 Å². The van der Waals surface area contributed by atoms with Crippen molar-refractivity contribution in [3.05, 3.63) is 64.0 Å². The van der Waals surface area contributed by atoms with Gasteiger partial charge in [0.2, 0.25) is 11.8 Å². The fourth-order valence-electron chi connectivity index (χ4n) is 5.21. The summed E-state index contributed by atoms with van der Waals surface area (Å²) in [5.41, 5.74) is 2.28. The Kier molecular flexibility index (Phi) is 7.47.